The molecule has 0 aromatic carbocycles. The summed E-state index contributed by atoms with van der Waals surface area (Å²) in [5.41, 5.74) is 0. The lowest BCUT2D eigenvalue weighted by Gasteiger charge is -2.32. The standard InChI is InChI=1S/C12H24N2O2/c1-4-13-12(15)8-14-10-5-6-16-11(7-10)9(2)3/h9-11,14H,4-8H2,1-3H3,(H,13,15). The lowest BCUT2D eigenvalue weighted by molar-refractivity contribution is -0.120. The van der Waals surface area contributed by atoms with Crippen LogP contribution in [0.1, 0.15) is 33.6 Å². The summed E-state index contributed by atoms with van der Waals surface area (Å²) >= 11 is 0. The van der Waals surface area contributed by atoms with E-state index in [-0.39, 0.29) is 5.91 Å². The van der Waals surface area contributed by atoms with Gasteiger partial charge in [0.05, 0.1) is 12.6 Å². The second-order valence-electron chi connectivity index (χ2n) is 4.71. The summed E-state index contributed by atoms with van der Waals surface area (Å²) in [5.74, 6) is 0.629. The van der Waals surface area contributed by atoms with Gasteiger partial charge < -0.3 is 15.4 Å². The zero-order valence-corrected chi connectivity index (χ0v) is 10.6. The van der Waals surface area contributed by atoms with Crippen LogP contribution in [0.3, 0.4) is 0 Å². The van der Waals surface area contributed by atoms with E-state index in [0.29, 0.717) is 31.2 Å². The van der Waals surface area contributed by atoms with Gasteiger partial charge in [-0.05, 0) is 25.7 Å². The van der Waals surface area contributed by atoms with Crippen molar-refractivity contribution in [3.05, 3.63) is 0 Å². The Kier molecular flexibility index (Phi) is 5.77. The molecular formula is C12H24N2O2. The van der Waals surface area contributed by atoms with Crippen molar-refractivity contribution in [2.45, 2.75) is 45.8 Å². The van der Waals surface area contributed by atoms with E-state index in [1.807, 2.05) is 6.92 Å². The van der Waals surface area contributed by atoms with E-state index in [4.69, 9.17) is 4.74 Å². The quantitative estimate of drug-likeness (QED) is 0.735. The predicted octanol–water partition coefficient (Wildman–Crippen LogP) is 0.916. The molecule has 1 fully saturated rings. The zero-order valence-electron chi connectivity index (χ0n) is 10.6. The molecule has 1 amide bonds. The molecule has 4 nitrogen and oxygen atoms in total. The normalized spacial score (nSPS) is 25.8. The van der Waals surface area contributed by atoms with Crippen LogP contribution < -0.4 is 10.6 Å². The van der Waals surface area contributed by atoms with Gasteiger partial charge in [-0.15, -0.1) is 0 Å². The molecule has 0 aliphatic carbocycles. The summed E-state index contributed by atoms with van der Waals surface area (Å²) in [6.07, 6.45) is 2.35. The summed E-state index contributed by atoms with van der Waals surface area (Å²) in [6.45, 7) is 8.21. The maximum atomic E-state index is 11.3. The Labute approximate surface area is 98.1 Å². The minimum absolute atomic E-state index is 0.0788. The van der Waals surface area contributed by atoms with Crippen molar-refractivity contribution >= 4 is 5.91 Å². The molecular weight excluding hydrogens is 204 g/mol. The van der Waals surface area contributed by atoms with Gasteiger partial charge in [0.1, 0.15) is 0 Å². The van der Waals surface area contributed by atoms with E-state index < -0.39 is 0 Å². The van der Waals surface area contributed by atoms with E-state index >= 15 is 0 Å². The fraction of sp³-hybridized carbons (Fsp3) is 0.917. The highest BCUT2D eigenvalue weighted by Crippen LogP contribution is 2.19. The van der Waals surface area contributed by atoms with Crippen LogP contribution in [0, 0.1) is 5.92 Å². The van der Waals surface area contributed by atoms with Crippen LogP contribution in [0.2, 0.25) is 0 Å². The fourth-order valence-electron chi connectivity index (χ4n) is 1.97. The first-order chi connectivity index (χ1) is 7.63. The molecule has 4 heteroatoms. The van der Waals surface area contributed by atoms with Crippen LogP contribution in [-0.2, 0) is 9.53 Å². The lowest BCUT2D eigenvalue weighted by Crippen LogP contribution is -2.44. The number of nitrogens with one attached hydrogen (secondary N) is 2. The van der Waals surface area contributed by atoms with Crippen molar-refractivity contribution in [2.75, 3.05) is 19.7 Å². The number of hydrogen-bond donors (Lipinski definition) is 2. The average molecular weight is 228 g/mol. The number of carbonyl (C=O) groups excluding carboxylic acids is 1. The van der Waals surface area contributed by atoms with E-state index in [2.05, 4.69) is 24.5 Å². The smallest absolute Gasteiger partial charge is 0.233 e. The van der Waals surface area contributed by atoms with Crippen molar-refractivity contribution in [3.8, 4) is 0 Å². The van der Waals surface area contributed by atoms with Crippen molar-refractivity contribution in [2.24, 2.45) is 5.92 Å². The highest BCUT2D eigenvalue weighted by molar-refractivity contribution is 5.77. The largest absolute Gasteiger partial charge is 0.378 e. The Hall–Kier alpha value is -0.610. The molecule has 0 bridgehead atoms. The molecule has 2 N–H and O–H groups in total. The van der Waals surface area contributed by atoms with Gasteiger partial charge in [0, 0.05) is 19.2 Å². The molecule has 1 saturated heterocycles. The van der Waals surface area contributed by atoms with Crippen molar-refractivity contribution < 1.29 is 9.53 Å². The second-order valence-corrected chi connectivity index (χ2v) is 4.71. The Morgan fingerprint density at radius 2 is 2.25 bits per heavy atom. The van der Waals surface area contributed by atoms with Gasteiger partial charge in [0.2, 0.25) is 5.91 Å². The first-order valence-corrected chi connectivity index (χ1v) is 6.25. The highest BCUT2D eigenvalue weighted by atomic mass is 16.5. The minimum Gasteiger partial charge on any atom is -0.378 e. The third-order valence-corrected chi connectivity index (χ3v) is 2.98. The molecule has 1 aliphatic heterocycles. The van der Waals surface area contributed by atoms with Crippen molar-refractivity contribution in [1.82, 2.24) is 10.6 Å². The first kappa shape index (κ1) is 13.5. The van der Waals surface area contributed by atoms with Crippen LogP contribution in [0.15, 0.2) is 0 Å². The summed E-state index contributed by atoms with van der Waals surface area (Å²) in [5, 5.41) is 6.09. The Bertz CT molecular complexity index is 219. The first-order valence-electron chi connectivity index (χ1n) is 6.25. The number of rotatable bonds is 5. The van der Waals surface area contributed by atoms with E-state index in [0.717, 1.165) is 19.4 Å². The molecule has 2 unspecified atom stereocenters. The molecule has 16 heavy (non-hydrogen) atoms. The molecule has 1 aliphatic rings. The predicted molar refractivity (Wildman–Crippen MR) is 64.3 cm³/mol. The van der Waals surface area contributed by atoms with Gasteiger partial charge in [-0.3, -0.25) is 4.79 Å². The zero-order chi connectivity index (χ0) is 12.0. The molecule has 1 heterocycles. The Morgan fingerprint density at radius 1 is 1.50 bits per heavy atom. The van der Waals surface area contributed by atoms with E-state index in [1.165, 1.54) is 0 Å². The summed E-state index contributed by atoms with van der Waals surface area (Å²) in [6, 6.07) is 0.420. The van der Waals surface area contributed by atoms with Gasteiger partial charge in [-0.2, -0.15) is 0 Å². The third-order valence-electron chi connectivity index (χ3n) is 2.98. The highest BCUT2D eigenvalue weighted by Gasteiger charge is 2.24. The minimum atomic E-state index is 0.0788. The van der Waals surface area contributed by atoms with Gasteiger partial charge in [0.15, 0.2) is 0 Å². The topological polar surface area (TPSA) is 50.4 Å². The van der Waals surface area contributed by atoms with Gasteiger partial charge in [0.25, 0.3) is 0 Å². The van der Waals surface area contributed by atoms with Crippen LogP contribution in [0.5, 0.6) is 0 Å². The summed E-state index contributed by atoms with van der Waals surface area (Å²) in [7, 11) is 0. The van der Waals surface area contributed by atoms with Crippen LogP contribution >= 0.6 is 0 Å². The van der Waals surface area contributed by atoms with Gasteiger partial charge in [-0.25, -0.2) is 0 Å². The Morgan fingerprint density at radius 3 is 2.88 bits per heavy atom. The monoisotopic (exact) mass is 228 g/mol. The SMILES string of the molecule is CCNC(=O)CNC1CCOC(C(C)C)C1. The summed E-state index contributed by atoms with van der Waals surface area (Å²) in [4.78, 5) is 11.3. The van der Waals surface area contributed by atoms with Gasteiger partial charge in [-0.1, -0.05) is 13.8 Å². The number of ether oxygens (including phenoxy) is 1. The average Bonchev–Trinajstić information content (AvgIpc) is 2.27. The maximum absolute atomic E-state index is 11.3. The van der Waals surface area contributed by atoms with E-state index in [1.54, 1.807) is 0 Å². The molecule has 2 atom stereocenters. The molecule has 94 valence electrons. The lowest BCUT2D eigenvalue weighted by atomic mass is 9.95. The molecule has 0 spiro atoms. The number of hydrogen-bond acceptors (Lipinski definition) is 3. The van der Waals surface area contributed by atoms with E-state index in [9.17, 15) is 4.79 Å². The number of amides is 1. The van der Waals surface area contributed by atoms with Crippen LogP contribution in [0.4, 0.5) is 0 Å². The maximum Gasteiger partial charge on any atom is 0.233 e. The molecule has 1 rings (SSSR count). The fourth-order valence-corrected chi connectivity index (χ4v) is 1.97. The molecule has 0 radical (unpaired) electrons. The number of carbonyl (C=O) groups is 1. The van der Waals surface area contributed by atoms with Crippen LogP contribution in [0.25, 0.3) is 0 Å². The van der Waals surface area contributed by atoms with Crippen LogP contribution in [-0.4, -0.2) is 37.7 Å². The van der Waals surface area contributed by atoms with Gasteiger partial charge >= 0.3 is 0 Å². The Balaban J connectivity index is 2.24. The summed E-state index contributed by atoms with van der Waals surface area (Å²) < 4.78 is 5.68. The molecule has 0 aromatic heterocycles. The number of likely N-dealkylation sites (N-methyl/N-ethyl adjacent to an activating group) is 1. The second kappa shape index (κ2) is 6.86. The van der Waals surface area contributed by atoms with Crippen molar-refractivity contribution in [1.29, 1.82) is 0 Å². The molecule has 0 aromatic rings. The molecule has 0 saturated carbocycles. The third kappa shape index (κ3) is 4.49. The van der Waals surface area contributed by atoms with Crippen molar-refractivity contribution in [3.63, 3.8) is 0 Å².